The normalized spacial score (nSPS) is 10.5. The lowest BCUT2D eigenvalue weighted by atomic mass is 10.1. The number of hydrogen-bond acceptors (Lipinski definition) is 7. The van der Waals surface area contributed by atoms with E-state index in [-0.39, 0.29) is 36.4 Å². The first-order valence-electron chi connectivity index (χ1n) is 8.77. The zero-order chi connectivity index (χ0) is 21.7. The van der Waals surface area contributed by atoms with Crippen molar-refractivity contribution in [2.24, 2.45) is 0 Å². The molecule has 0 fully saturated rings. The summed E-state index contributed by atoms with van der Waals surface area (Å²) in [4.78, 5) is 38.9. The molecule has 3 rings (SSSR count). The molecule has 11 heteroatoms. The monoisotopic (exact) mass is 473 g/mol. The number of nitrogens with one attached hydrogen (secondary N) is 2. The molecule has 1 aromatic heterocycles. The van der Waals surface area contributed by atoms with E-state index in [4.69, 9.17) is 4.52 Å². The lowest BCUT2D eigenvalue weighted by molar-refractivity contribution is -0.385. The average molecular weight is 474 g/mol. The summed E-state index contributed by atoms with van der Waals surface area (Å²) in [7, 11) is 0. The summed E-state index contributed by atoms with van der Waals surface area (Å²) in [5, 5.41) is 20.0. The quantitative estimate of drug-likeness (QED) is 0.305. The number of rotatable bonds is 7. The van der Waals surface area contributed by atoms with Crippen molar-refractivity contribution >= 4 is 33.4 Å². The number of carbonyl (C=O) groups is 2. The van der Waals surface area contributed by atoms with Crippen molar-refractivity contribution < 1.29 is 19.0 Å². The maximum absolute atomic E-state index is 12.2. The first-order valence-corrected chi connectivity index (χ1v) is 9.56. The second kappa shape index (κ2) is 9.27. The summed E-state index contributed by atoms with van der Waals surface area (Å²) in [6.07, 6.45) is 0. The Morgan fingerprint density at radius 1 is 1.10 bits per heavy atom. The minimum atomic E-state index is -0.619. The van der Waals surface area contributed by atoms with E-state index in [2.05, 4.69) is 36.7 Å². The van der Waals surface area contributed by atoms with Crippen LogP contribution in [0.25, 0.3) is 11.4 Å². The van der Waals surface area contributed by atoms with E-state index >= 15 is 0 Å². The van der Waals surface area contributed by atoms with Gasteiger partial charge in [-0.25, -0.2) is 0 Å². The van der Waals surface area contributed by atoms with E-state index in [9.17, 15) is 19.7 Å². The summed E-state index contributed by atoms with van der Waals surface area (Å²) in [5.41, 5.74) is 1.17. The molecule has 10 nitrogen and oxygen atoms in total. The highest BCUT2D eigenvalue weighted by Crippen LogP contribution is 2.27. The predicted molar refractivity (Wildman–Crippen MR) is 110 cm³/mol. The molecule has 0 radical (unpaired) electrons. The summed E-state index contributed by atoms with van der Waals surface area (Å²) in [6, 6.07) is 11.5. The lowest BCUT2D eigenvalue weighted by Crippen LogP contribution is -2.34. The number of amides is 2. The van der Waals surface area contributed by atoms with E-state index in [1.54, 1.807) is 37.3 Å². The van der Waals surface area contributed by atoms with Crippen LogP contribution in [0.2, 0.25) is 0 Å². The Bertz CT molecular complexity index is 1110. The van der Waals surface area contributed by atoms with Gasteiger partial charge in [0.05, 0.1) is 10.5 Å². The highest BCUT2D eigenvalue weighted by Gasteiger charge is 2.20. The molecule has 0 aliphatic heterocycles. The van der Waals surface area contributed by atoms with Gasteiger partial charge in [0.25, 0.3) is 11.6 Å². The van der Waals surface area contributed by atoms with Crippen LogP contribution < -0.4 is 10.6 Å². The average Bonchev–Trinajstić information content (AvgIpc) is 3.21. The van der Waals surface area contributed by atoms with Crippen molar-refractivity contribution in [3.63, 3.8) is 0 Å². The van der Waals surface area contributed by atoms with Crippen LogP contribution in [0.15, 0.2) is 51.5 Å². The van der Waals surface area contributed by atoms with Crippen LogP contribution >= 0.6 is 15.9 Å². The fourth-order valence-electron chi connectivity index (χ4n) is 2.66. The van der Waals surface area contributed by atoms with Crippen molar-refractivity contribution in [1.29, 1.82) is 0 Å². The molecule has 0 unspecified atom stereocenters. The van der Waals surface area contributed by atoms with E-state index in [1.807, 2.05) is 0 Å². The second-order valence-electron chi connectivity index (χ2n) is 6.12. The number of hydrogen-bond donors (Lipinski definition) is 2. The van der Waals surface area contributed by atoms with Crippen molar-refractivity contribution in [2.75, 3.05) is 13.1 Å². The van der Waals surface area contributed by atoms with Crippen LogP contribution in [0, 0.1) is 17.0 Å². The van der Waals surface area contributed by atoms with Gasteiger partial charge in [-0.05, 0) is 35.0 Å². The molecule has 3 aromatic rings. The summed E-state index contributed by atoms with van der Waals surface area (Å²) in [5.74, 6) is -1.11. The number of nitro benzene ring substituents is 1. The first-order chi connectivity index (χ1) is 14.4. The Morgan fingerprint density at radius 3 is 2.50 bits per heavy atom. The van der Waals surface area contributed by atoms with Gasteiger partial charge in [-0.15, -0.1) is 0 Å². The maximum atomic E-state index is 12.2. The number of benzene rings is 2. The number of carbonyl (C=O) groups excluding carboxylic acids is 2. The largest absolute Gasteiger partial charge is 0.350 e. The molecule has 0 saturated carbocycles. The second-order valence-corrected chi connectivity index (χ2v) is 6.98. The van der Waals surface area contributed by atoms with E-state index in [0.29, 0.717) is 21.2 Å². The van der Waals surface area contributed by atoms with Gasteiger partial charge in [0.15, 0.2) is 0 Å². The standard InChI is InChI=1S/C19H16BrN5O5/c1-11-12(6-4-8-15(11)25(28)29)16-23-19(30-24-16)18(27)22-10-9-21-17(26)13-5-2-3-7-14(13)20/h2-8H,9-10H2,1H3,(H,21,26)(H,22,27). The van der Waals surface area contributed by atoms with Crippen LogP contribution in [0.4, 0.5) is 5.69 Å². The smallest absolute Gasteiger partial charge is 0.316 e. The molecular weight excluding hydrogens is 458 g/mol. The molecular formula is C19H16BrN5O5. The third-order valence-electron chi connectivity index (χ3n) is 4.18. The third kappa shape index (κ3) is 4.69. The molecule has 0 atom stereocenters. The summed E-state index contributed by atoms with van der Waals surface area (Å²) < 4.78 is 5.63. The van der Waals surface area contributed by atoms with Gasteiger partial charge in [0.1, 0.15) is 0 Å². The fraction of sp³-hybridized carbons (Fsp3) is 0.158. The first kappa shape index (κ1) is 21.1. The lowest BCUT2D eigenvalue weighted by Gasteiger charge is -2.07. The van der Waals surface area contributed by atoms with Gasteiger partial charge < -0.3 is 15.2 Å². The molecule has 2 aromatic carbocycles. The number of nitrogens with zero attached hydrogens (tertiary/aromatic N) is 3. The number of halogens is 1. The topological polar surface area (TPSA) is 140 Å². The predicted octanol–water partition coefficient (Wildman–Crippen LogP) is 2.88. The Morgan fingerprint density at radius 2 is 1.80 bits per heavy atom. The summed E-state index contributed by atoms with van der Waals surface area (Å²) >= 11 is 3.30. The zero-order valence-corrected chi connectivity index (χ0v) is 17.3. The Hall–Kier alpha value is -3.60. The zero-order valence-electron chi connectivity index (χ0n) is 15.7. The summed E-state index contributed by atoms with van der Waals surface area (Å²) in [6.45, 7) is 1.90. The number of aromatic nitrogens is 2. The molecule has 30 heavy (non-hydrogen) atoms. The SMILES string of the molecule is Cc1c(-c2noc(C(=O)NCCNC(=O)c3ccccc3Br)n2)cccc1[N+](=O)[O-]. The van der Waals surface area contributed by atoms with Gasteiger partial charge in [0.2, 0.25) is 5.82 Å². The Labute approximate surface area is 178 Å². The highest BCUT2D eigenvalue weighted by molar-refractivity contribution is 9.10. The van der Waals surface area contributed by atoms with Crippen molar-refractivity contribution in [3.05, 3.63) is 74.1 Å². The van der Waals surface area contributed by atoms with Gasteiger partial charge in [-0.3, -0.25) is 19.7 Å². The van der Waals surface area contributed by atoms with E-state index < -0.39 is 10.8 Å². The van der Waals surface area contributed by atoms with Gasteiger partial charge in [-0.1, -0.05) is 29.4 Å². The van der Waals surface area contributed by atoms with E-state index in [1.165, 1.54) is 12.1 Å². The molecule has 1 heterocycles. The Kier molecular flexibility index (Phi) is 6.52. The van der Waals surface area contributed by atoms with Crippen molar-refractivity contribution in [2.45, 2.75) is 6.92 Å². The molecule has 0 aliphatic rings. The molecule has 2 N–H and O–H groups in total. The molecule has 0 spiro atoms. The van der Waals surface area contributed by atoms with Crippen LogP contribution in [0.3, 0.4) is 0 Å². The minimum Gasteiger partial charge on any atom is -0.350 e. The Balaban J connectivity index is 1.57. The molecule has 0 aliphatic carbocycles. The van der Waals surface area contributed by atoms with E-state index in [0.717, 1.165) is 0 Å². The van der Waals surface area contributed by atoms with Gasteiger partial charge >= 0.3 is 11.8 Å². The molecule has 154 valence electrons. The molecule has 2 amide bonds. The van der Waals surface area contributed by atoms with Crippen molar-refractivity contribution in [1.82, 2.24) is 20.8 Å². The minimum absolute atomic E-state index is 0.0728. The van der Waals surface area contributed by atoms with Crippen LogP contribution in [-0.4, -0.2) is 40.0 Å². The van der Waals surface area contributed by atoms with Crippen LogP contribution in [0.1, 0.15) is 26.6 Å². The molecule has 0 saturated heterocycles. The van der Waals surface area contributed by atoms with Crippen LogP contribution in [0.5, 0.6) is 0 Å². The van der Waals surface area contributed by atoms with Gasteiger partial charge in [-0.2, -0.15) is 4.98 Å². The maximum Gasteiger partial charge on any atom is 0.316 e. The van der Waals surface area contributed by atoms with Crippen LogP contribution in [-0.2, 0) is 0 Å². The highest BCUT2D eigenvalue weighted by atomic mass is 79.9. The fourth-order valence-corrected chi connectivity index (χ4v) is 3.12. The third-order valence-corrected chi connectivity index (χ3v) is 4.87. The van der Waals surface area contributed by atoms with Gasteiger partial charge in [0, 0.05) is 34.8 Å². The molecule has 0 bridgehead atoms. The van der Waals surface area contributed by atoms with Crippen molar-refractivity contribution in [3.8, 4) is 11.4 Å². The number of nitro groups is 1.